The van der Waals surface area contributed by atoms with Gasteiger partial charge < -0.3 is 15.0 Å². The summed E-state index contributed by atoms with van der Waals surface area (Å²) in [6, 6.07) is 1.07. The molecule has 21 heavy (non-hydrogen) atoms. The molecule has 4 nitrogen and oxygen atoms in total. The van der Waals surface area contributed by atoms with Crippen molar-refractivity contribution in [3.8, 4) is 0 Å². The van der Waals surface area contributed by atoms with E-state index in [1.165, 1.54) is 32.1 Å². The number of amides is 1. The summed E-state index contributed by atoms with van der Waals surface area (Å²) in [7, 11) is 1.93. The van der Waals surface area contributed by atoms with E-state index in [0.29, 0.717) is 35.9 Å². The standard InChI is InChI=1S/C17H30N2O2/c1-3-21-15-11-14(17(15)9-5-4-6-10-17)18-13-7-8-16(20)19(2)12-13/h13-15,18H,3-12H2,1-2H3. The average Bonchev–Trinajstić information content (AvgIpc) is 2.50. The van der Waals surface area contributed by atoms with E-state index >= 15 is 0 Å². The lowest BCUT2D eigenvalue weighted by Crippen LogP contribution is -2.67. The highest BCUT2D eigenvalue weighted by Crippen LogP contribution is 2.53. The first-order valence-electron chi connectivity index (χ1n) is 8.77. The molecule has 3 rings (SSSR count). The van der Waals surface area contributed by atoms with Crippen molar-refractivity contribution in [2.24, 2.45) is 5.41 Å². The fourth-order valence-electron chi connectivity index (χ4n) is 4.73. The normalized spacial score (nSPS) is 35.8. The number of nitrogens with one attached hydrogen (secondary N) is 1. The van der Waals surface area contributed by atoms with E-state index < -0.39 is 0 Å². The van der Waals surface area contributed by atoms with Gasteiger partial charge in [-0.2, -0.15) is 0 Å². The molecule has 3 unspecified atom stereocenters. The molecule has 3 atom stereocenters. The van der Waals surface area contributed by atoms with Gasteiger partial charge in [0.05, 0.1) is 6.10 Å². The molecule has 1 aliphatic heterocycles. The predicted octanol–water partition coefficient (Wildman–Crippen LogP) is 2.32. The average molecular weight is 294 g/mol. The van der Waals surface area contributed by atoms with Crippen LogP contribution in [0.5, 0.6) is 0 Å². The highest BCUT2D eigenvalue weighted by Gasteiger charge is 2.55. The zero-order valence-corrected chi connectivity index (χ0v) is 13.6. The van der Waals surface area contributed by atoms with Gasteiger partial charge in [0.2, 0.25) is 5.91 Å². The van der Waals surface area contributed by atoms with Gasteiger partial charge in [0, 0.05) is 44.1 Å². The SMILES string of the molecule is CCOC1CC(NC2CCC(=O)N(C)C2)C12CCCCC2. The Balaban J connectivity index is 1.61. The van der Waals surface area contributed by atoms with Gasteiger partial charge in [0.15, 0.2) is 0 Å². The van der Waals surface area contributed by atoms with Crippen LogP contribution in [0.1, 0.15) is 58.3 Å². The third-order valence-electron chi connectivity index (χ3n) is 6.00. The lowest BCUT2D eigenvalue weighted by atomic mass is 9.55. The maximum absolute atomic E-state index is 11.6. The maximum atomic E-state index is 11.6. The number of carbonyl (C=O) groups is 1. The number of carbonyl (C=O) groups excluding carboxylic acids is 1. The van der Waals surface area contributed by atoms with Crippen molar-refractivity contribution in [2.45, 2.75) is 76.5 Å². The van der Waals surface area contributed by atoms with E-state index in [1.807, 2.05) is 11.9 Å². The molecule has 3 fully saturated rings. The zero-order chi connectivity index (χ0) is 14.9. The van der Waals surface area contributed by atoms with Gasteiger partial charge in [-0.15, -0.1) is 0 Å². The van der Waals surface area contributed by atoms with Crippen LogP contribution in [0.15, 0.2) is 0 Å². The maximum Gasteiger partial charge on any atom is 0.222 e. The van der Waals surface area contributed by atoms with Crippen molar-refractivity contribution in [3.05, 3.63) is 0 Å². The molecule has 0 bridgehead atoms. The van der Waals surface area contributed by atoms with Crippen molar-refractivity contribution < 1.29 is 9.53 Å². The lowest BCUT2D eigenvalue weighted by Gasteiger charge is -2.59. The van der Waals surface area contributed by atoms with E-state index in [0.717, 1.165) is 26.0 Å². The number of likely N-dealkylation sites (tertiary alicyclic amines) is 1. The molecule has 4 heteroatoms. The monoisotopic (exact) mass is 294 g/mol. The van der Waals surface area contributed by atoms with Crippen molar-refractivity contribution >= 4 is 5.91 Å². The molecular formula is C17H30N2O2. The molecule has 0 aromatic rings. The molecule has 0 aromatic carbocycles. The summed E-state index contributed by atoms with van der Waals surface area (Å²) in [5, 5.41) is 3.88. The molecule has 1 N–H and O–H groups in total. The molecule has 120 valence electrons. The molecule has 1 amide bonds. The Morgan fingerprint density at radius 1 is 1.33 bits per heavy atom. The number of likely N-dealkylation sites (N-methyl/N-ethyl adjacent to an activating group) is 1. The first kappa shape index (κ1) is 15.3. The first-order valence-corrected chi connectivity index (χ1v) is 8.77. The van der Waals surface area contributed by atoms with Crippen LogP contribution < -0.4 is 5.32 Å². The van der Waals surface area contributed by atoms with Crippen LogP contribution in [0, 0.1) is 5.41 Å². The van der Waals surface area contributed by atoms with E-state index in [1.54, 1.807) is 0 Å². The number of hydrogen-bond donors (Lipinski definition) is 1. The summed E-state index contributed by atoms with van der Waals surface area (Å²) >= 11 is 0. The van der Waals surface area contributed by atoms with E-state index in [4.69, 9.17) is 4.74 Å². The van der Waals surface area contributed by atoms with Gasteiger partial charge in [-0.25, -0.2) is 0 Å². The largest absolute Gasteiger partial charge is 0.378 e. The van der Waals surface area contributed by atoms with Gasteiger partial charge in [-0.1, -0.05) is 19.3 Å². The van der Waals surface area contributed by atoms with Crippen LogP contribution in [-0.4, -0.2) is 49.2 Å². The van der Waals surface area contributed by atoms with E-state index in [-0.39, 0.29) is 0 Å². The second kappa shape index (κ2) is 6.25. The van der Waals surface area contributed by atoms with Crippen LogP contribution in [0.4, 0.5) is 0 Å². The number of nitrogens with zero attached hydrogens (tertiary/aromatic N) is 1. The van der Waals surface area contributed by atoms with Crippen LogP contribution in [0.3, 0.4) is 0 Å². The van der Waals surface area contributed by atoms with Crippen molar-refractivity contribution in [1.29, 1.82) is 0 Å². The Labute approximate surface area is 128 Å². The zero-order valence-electron chi connectivity index (χ0n) is 13.6. The first-order chi connectivity index (χ1) is 10.2. The summed E-state index contributed by atoms with van der Waals surface area (Å²) in [6.07, 6.45) is 10.0. The van der Waals surface area contributed by atoms with Gasteiger partial charge >= 0.3 is 0 Å². The third-order valence-corrected chi connectivity index (χ3v) is 6.00. The fraction of sp³-hybridized carbons (Fsp3) is 0.941. The molecule has 2 aliphatic carbocycles. The van der Waals surface area contributed by atoms with Crippen molar-refractivity contribution in [1.82, 2.24) is 10.2 Å². The second-order valence-electron chi connectivity index (χ2n) is 7.20. The van der Waals surface area contributed by atoms with Crippen LogP contribution in [0.2, 0.25) is 0 Å². The Morgan fingerprint density at radius 2 is 2.10 bits per heavy atom. The van der Waals surface area contributed by atoms with Crippen LogP contribution in [-0.2, 0) is 9.53 Å². The highest BCUT2D eigenvalue weighted by molar-refractivity contribution is 5.76. The molecular weight excluding hydrogens is 264 g/mol. The quantitative estimate of drug-likeness (QED) is 0.865. The molecule has 1 saturated heterocycles. The minimum Gasteiger partial charge on any atom is -0.378 e. The minimum atomic E-state index is 0.293. The summed E-state index contributed by atoms with van der Waals surface area (Å²) in [5.74, 6) is 0.293. The van der Waals surface area contributed by atoms with E-state index in [2.05, 4.69) is 12.2 Å². The smallest absolute Gasteiger partial charge is 0.222 e. The predicted molar refractivity (Wildman–Crippen MR) is 83.1 cm³/mol. The number of ether oxygens (including phenoxy) is 1. The Bertz CT molecular complexity index is 379. The molecule has 0 radical (unpaired) electrons. The summed E-state index contributed by atoms with van der Waals surface area (Å²) in [6.45, 7) is 3.81. The van der Waals surface area contributed by atoms with Crippen molar-refractivity contribution in [3.63, 3.8) is 0 Å². The fourth-order valence-corrected chi connectivity index (χ4v) is 4.73. The summed E-state index contributed by atoms with van der Waals surface area (Å²) < 4.78 is 6.02. The van der Waals surface area contributed by atoms with Gasteiger partial charge in [0.25, 0.3) is 0 Å². The Hall–Kier alpha value is -0.610. The molecule has 1 spiro atoms. The highest BCUT2D eigenvalue weighted by atomic mass is 16.5. The van der Waals surface area contributed by atoms with Gasteiger partial charge in [-0.3, -0.25) is 4.79 Å². The van der Waals surface area contributed by atoms with Crippen LogP contribution >= 0.6 is 0 Å². The minimum absolute atomic E-state index is 0.293. The van der Waals surface area contributed by atoms with E-state index in [9.17, 15) is 4.79 Å². The Morgan fingerprint density at radius 3 is 2.76 bits per heavy atom. The summed E-state index contributed by atoms with van der Waals surface area (Å²) in [4.78, 5) is 13.5. The molecule has 1 heterocycles. The number of rotatable bonds is 4. The lowest BCUT2D eigenvalue weighted by molar-refractivity contribution is -0.154. The van der Waals surface area contributed by atoms with Crippen molar-refractivity contribution in [2.75, 3.05) is 20.2 Å². The topological polar surface area (TPSA) is 41.6 Å². The van der Waals surface area contributed by atoms with Crippen LogP contribution in [0.25, 0.3) is 0 Å². The molecule has 0 aromatic heterocycles. The van der Waals surface area contributed by atoms with Gasteiger partial charge in [-0.05, 0) is 32.6 Å². The van der Waals surface area contributed by atoms with Gasteiger partial charge in [0.1, 0.15) is 0 Å². The summed E-state index contributed by atoms with van der Waals surface area (Å²) in [5.41, 5.74) is 0.383. The Kier molecular flexibility index (Phi) is 4.55. The number of hydrogen-bond acceptors (Lipinski definition) is 3. The number of piperidine rings is 1. The third kappa shape index (κ3) is 2.85. The second-order valence-corrected chi connectivity index (χ2v) is 7.20. The molecule has 3 aliphatic rings. The molecule has 2 saturated carbocycles.